The number of hydrogen-bond acceptors (Lipinski definition) is 5. The van der Waals surface area contributed by atoms with Gasteiger partial charge in [0.15, 0.2) is 0 Å². The molecule has 0 radical (unpaired) electrons. The lowest BCUT2D eigenvalue weighted by Gasteiger charge is -2.24. The largest absolute Gasteiger partial charge is 0.334 e. The maximum absolute atomic E-state index is 12.6. The third-order valence-electron chi connectivity index (χ3n) is 3.69. The van der Waals surface area contributed by atoms with Crippen LogP contribution in [0, 0.1) is 13.8 Å². The van der Waals surface area contributed by atoms with Crippen LogP contribution in [0.4, 0.5) is 0 Å². The van der Waals surface area contributed by atoms with Gasteiger partial charge >= 0.3 is 0 Å². The molecule has 0 spiro atoms. The predicted octanol–water partition coefficient (Wildman–Crippen LogP) is 0.247. The summed E-state index contributed by atoms with van der Waals surface area (Å²) in [6.07, 6.45) is 3.02. The highest BCUT2D eigenvalue weighted by Crippen LogP contribution is 2.22. The summed E-state index contributed by atoms with van der Waals surface area (Å²) in [6, 6.07) is -0.296. The third-order valence-corrected chi connectivity index (χ3v) is 5.14. The Morgan fingerprint density at radius 3 is 2.81 bits per heavy atom. The standard InChI is InChI=1S/C13H20N4O3S/c1-9-12(7-15-10(2)16-9)13(18)17-6-4-5-11(17)8-21(19,20)14-3/h7,11,14H,4-6,8H2,1-3H3. The molecule has 0 aliphatic carbocycles. The van der Waals surface area contributed by atoms with Crippen molar-refractivity contribution in [1.82, 2.24) is 19.6 Å². The number of carbonyl (C=O) groups is 1. The van der Waals surface area contributed by atoms with Crippen LogP contribution in [-0.2, 0) is 10.0 Å². The van der Waals surface area contributed by atoms with Gasteiger partial charge < -0.3 is 4.90 Å². The van der Waals surface area contributed by atoms with Crippen molar-refractivity contribution >= 4 is 15.9 Å². The van der Waals surface area contributed by atoms with Gasteiger partial charge in [0, 0.05) is 18.8 Å². The van der Waals surface area contributed by atoms with E-state index in [0.29, 0.717) is 30.0 Å². The molecule has 1 saturated heterocycles. The van der Waals surface area contributed by atoms with Gasteiger partial charge in [-0.2, -0.15) is 0 Å². The van der Waals surface area contributed by atoms with E-state index in [1.165, 1.54) is 13.2 Å². The Labute approximate surface area is 124 Å². The van der Waals surface area contributed by atoms with E-state index in [2.05, 4.69) is 14.7 Å². The van der Waals surface area contributed by atoms with E-state index < -0.39 is 10.0 Å². The number of amides is 1. The van der Waals surface area contributed by atoms with Crippen molar-refractivity contribution in [2.24, 2.45) is 0 Å². The topological polar surface area (TPSA) is 92.3 Å². The fraction of sp³-hybridized carbons (Fsp3) is 0.615. The first-order valence-electron chi connectivity index (χ1n) is 6.86. The summed E-state index contributed by atoms with van der Waals surface area (Å²) >= 11 is 0. The zero-order valence-corrected chi connectivity index (χ0v) is 13.3. The zero-order chi connectivity index (χ0) is 15.6. The highest BCUT2D eigenvalue weighted by Gasteiger charge is 2.33. The summed E-state index contributed by atoms with van der Waals surface area (Å²) in [5, 5.41) is 0. The normalized spacial score (nSPS) is 19.0. The van der Waals surface area contributed by atoms with E-state index in [9.17, 15) is 13.2 Å². The summed E-state index contributed by atoms with van der Waals surface area (Å²) in [5.41, 5.74) is 1.06. The van der Waals surface area contributed by atoms with Gasteiger partial charge in [-0.25, -0.2) is 23.1 Å². The number of aromatic nitrogens is 2. The number of nitrogens with zero attached hydrogens (tertiary/aromatic N) is 3. The molecular formula is C13H20N4O3S. The number of aryl methyl sites for hydroxylation is 2. The van der Waals surface area contributed by atoms with Crippen LogP contribution in [0.15, 0.2) is 6.20 Å². The van der Waals surface area contributed by atoms with Crippen molar-refractivity contribution in [3.63, 3.8) is 0 Å². The molecule has 1 aromatic rings. The molecule has 1 aromatic heterocycles. The summed E-state index contributed by atoms with van der Waals surface area (Å²) < 4.78 is 25.7. The lowest BCUT2D eigenvalue weighted by molar-refractivity contribution is 0.0747. The van der Waals surface area contributed by atoms with Crippen LogP contribution in [0.25, 0.3) is 0 Å². The quantitative estimate of drug-likeness (QED) is 0.860. The van der Waals surface area contributed by atoms with Crippen LogP contribution in [0.1, 0.15) is 34.7 Å². The Balaban J connectivity index is 2.21. The third kappa shape index (κ3) is 3.56. The van der Waals surface area contributed by atoms with Gasteiger partial charge in [0.05, 0.1) is 17.0 Å². The van der Waals surface area contributed by atoms with Gasteiger partial charge in [-0.1, -0.05) is 0 Å². The minimum Gasteiger partial charge on any atom is -0.334 e. The highest BCUT2D eigenvalue weighted by molar-refractivity contribution is 7.89. The van der Waals surface area contributed by atoms with Gasteiger partial charge in [0.2, 0.25) is 10.0 Å². The van der Waals surface area contributed by atoms with E-state index in [4.69, 9.17) is 0 Å². The minimum atomic E-state index is -3.34. The van der Waals surface area contributed by atoms with E-state index >= 15 is 0 Å². The molecule has 1 amide bonds. The molecule has 1 unspecified atom stereocenters. The predicted molar refractivity (Wildman–Crippen MR) is 78.4 cm³/mol. The maximum atomic E-state index is 12.6. The summed E-state index contributed by atoms with van der Waals surface area (Å²) in [5.74, 6) is 0.349. The van der Waals surface area contributed by atoms with E-state index in [0.717, 1.165) is 6.42 Å². The number of likely N-dealkylation sites (tertiary alicyclic amines) is 1. The average Bonchev–Trinajstić information content (AvgIpc) is 2.85. The molecule has 2 heterocycles. The van der Waals surface area contributed by atoms with Crippen molar-refractivity contribution in [3.05, 3.63) is 23.3 Å². The average molecular weight is 312 g/mol. The lowest BCUT2D eigenvalue weighted by Crippen LogP contribution is -2.42. The molecule has 21 heavy (non-hydrogen) atoms. The molecule has 0 bridgehead atoms. The van der Waals surface area contributed by atoms with Crippen LogP contribution < -0.4 is 4.72 Å². The number of nitrogens with one attached hydrogen (secondary N) is 1. The number of sulfonamides is 1. The van der Waals surface area contributed by atoms with Crippen molar-refractivity contribution in [1.29, 1.82) is 0 Å². The molecule has 2 rings (SSSR count). The van der Waals surface area contributed by atoms with Crippen molar-refractivity contribution < 1.29 is 13.2 Å². The zero-order valence-electron chi connectivity index (χ0n) is 12.5. The smallest absolute Gasteiger partial charge is 0.257 e. The van der Waals surface area contributed by atoms with Gasteiger partial charge in [0.25, 0.3) is 5.91 Å². The monoisotopic (exact) mass is 312 g/mol. The fourth-order valence-electron chi connectivity index (χ4n) is 2.56. The summed E-state index contributed by atoms with van der Waals surface area (Å²) in [7, 11) is -1.96. The number of carbonyl (C=O) groups excluding carboxylic acids is 1. The van der Waals surface area contributed by atoms with Crippen LogP contribution in [0.2, 0.25) is 0 Å². The van der Waals surface area contributed by atoms with Gasteiger partial charge in [0.1, 0.15) is 5.82 Å². The Morgan fingerprint density at radius 1 is 1.48 bits per heavy atom. The molecule has 1 N–H and O–H groups in total. The number of rotatable bonds is 4. The fourth-order valence-corrected chi connectivity index (χ4v) is 3.58. The molecule has 0 saturated carbocycles. The second kappa shape index (κ2) is 6.07. The molecule has 1 atom stereocenters. The molecule has 1 fully saturated rings. The van der Waals surface area contributed by atoms with Crippen molar-refractivity contribution in [2.75, 3.05) is 19.3 Å². The van der Waals surface area contributed by atoms with Gasteiger partial charge in [-0.15, -0.1) is 0 Å². The van der Waals surface area contributed by atoms with Crippen LogP contribution in [0.3, 0.4) is 0 Å². The molecule has 0 aromatic carbocycles. The number of hydrogen-bond donors (Lipinski definition) is 1. The first-order valence-corrected chi connectivity index (χ1v) is 8.51. The van der Waals surface area contributed by atoms with Crippen LogP contribution in [0.5, 0.6) is 0 Å². The first kappa shape index (κ1) is 15.8. The molecule has 1 aliphatic heterocycles. The Morgan fingerprint density at radius 2 is 2.19 bits per heavy atom. The minimum absolute atomic E-state index is 0.0684. The van der Waals surface area contributed by atoms with Gasteiger partial charge in [-0.3, -0.25) is 4.79 Å². The van der Waals surface area contributed by atoms with E-state index in [1.54, 1.807) is 18.7 Å². The van der Waals surface area contributed by atoms with E-state index in [1.807, 2.05) is 0 Å². The molecule has 116 valence electrons. The first-order chi connectivity index (χ1) is 9.84. The van der Waals surface area contributed by atoms with Crippen molar-refractivity contribution in [2.45, 2.75) is 32.7 Å². The SMILES string of the molecule is CNS(=O)(=O)CC1CCCN1C(=O)c1cnc(C)nc1C. The van der Waals surface area contributed by atoms with Gasteiger partial charge in [-0.05, 0) is 33.7 Å². The Bertz CT molecular complexity index is 645. The Kier molecular flexibility index (Phi) is 4.58. The second-order valence-corrected chi connectivity index (χ2v) is 7.17. The summed E-state index contributed by atoms with van der Waals surface area (Å²) in [6.45, 7) is 4.09. The Hall–Kier alpha value is -1.54. The second-order valence-electron chi connectivity index (χ2n) is 5.20. The van der Waals surface area contributed by atoms with Crippen molar-refractivity contribution in [3.8, 4) is 0 Å². The summed E-state index contributed by atoms with van der Waals surface area (Å²) in [4.78, 5) is 22.5. The molecule has 8 heteroatoms. The highest BCUT2D eigenvalue weighted by atomic mass is 32.2. The van der Waals surface area contributed by atoms with Crippen LogP contribution >= 0.6 is 0 Å². The lowest BCUT2D eigenvalue weighted by atomic mass is 10.2. The van der Waals surface area contributed by atoms with Crippen LogP contribution in [-0.4, -0.2) is 54.6 Å². The van der Waals surface area contributed by atoms with E-state index in [-0.39, 0.29) is 17.7 Å². The molecular weight excluding hydrogens is 292 g/mol. The molecule has 7 nitrogen and oxygen atoms in total. The molecule has 1 aliphatic rings. The maximum Gasteiger partial charge on any atom is 0.257 e.